The molecular weight excluding hydrogens is 212 g/mol. The first-order chi connectivity index (χ1) is 7.31. The van der Waals surface area contributed by atoms with Crippen LogP contribution >= 0.6 is 0 Å². The SMILES string of the molecule is CC(C)(C)OC(=O)N[C@@H]1C[C@H](CO)NC1=O. The van der Waals surface area contributed by atoms with Gasteiger partial charge in [-0.15, -0.1) is 0 Å². The molecule has 0 spiro atoms. The van der Waals surface area contributed by atoms with E-state index in [1.165, 1.54) is 0 Å². The fraction of sp³-hybridized carbons (Fsp3) is 0.800. The standard InChI is InChI=1S/C10H18N2O4/c1-10(2,3)16-9(15)12-7-4-6(5-13)11-8(7)14/h6-7,13H,4-5H2,1-3H3,(H,11,14)(H,12,15)/t6-,7-/m1/s1. The van der Waals surface area contributed by atoms with Crippen molar-refractivity contribution in [3.05, 3.63) is 0 Å². The molecule has 0 aromatic carbocycles. The lowest BCUT2D eigenvalue weighted by Gasteiger charge is -2.20. The third-order valence-corrected chi connectivity index (χ3v) is 2.09. The Balaban J connectivity index is 2.43. The van der Waals surface area contributed by atoms with E-state index in [-0.39, 0.29) is 18.6 Å². The molecule has 0 aromatic rings. The second kappa shape index (κ2) is 4.69. The van der Waals surface area contributed by atoms with Crippen LogP contribution in [0, 0.1) is 0 Å². The molecule has 2 atom stereocenters. The number of hydrogen-bond donors (Lipinski definition) is 3. The van der Waals surface area contributed by atoms with E-state index >= 15 is 0 Å². The molecule has 0 radical (unpaired) electrons. The third kappa shape index (κ3) is 3.69. The van der Waals surface area contributed by atoms with Gasteiger partial charge in [0.2, 0.25) is 5.91 Å². The molecule has 1 aliphatic rings. The van der Waals surface area contributed by atoms with Gasteiger partial charge in [-0.05, 0) is 27.2 Å². The highest BCUT2D eigenvalue weighted by Gasteiger charge is 2.33. The molecular formula is C10H18N2O4. The lowest BCUT2D eigenvalue weighted by molar-refractivity contribution is -0.121. The van der Waals surface area contributed by atoms with E-state index in [9.17, 15) is 9.59 Å². The van der Waals surface area contributed by atoms with Crippen molar-refractivity contribution >= 4 is 12.0 Å². The van der Waals surface area contributed by atoms with Gasteiger partial charge in [0.05, 0.1) is 12.6 Å². The summed E-state index contributed by atoms with van der Waals surface area (Å²) in [6, 6.07) is -0.903. The zero-order valence-corrected chi connectivity index (χ0v) is 9.74. The molecule has 16 heavy (non-hydrogen) atoms. The van der Waals surface area contributed by atoms with Crippen LogP contribution in [0.1, 0.15) is 27.2 Å². The minimum absolute atomic E-state index is 0.127. The number of alkyl carbamates (subject to hydrolysis) is 1. The third-order valence-electron chi connectivity index (χ3n) is 2.09. The first kappa shape index (κ1) is 12.8. The summed E-state index contributed by atoms with van der Waals surface area (Å²) in [5.41, 5.74) is -0.588. The maximum absolute atomic E-state index is 11.4. The predicted octanol–water partition coefficient (Wildman–Crippen LogP) is -0.240. The summed E-state index contributed by atoms with van der Waals surface area (Å²) in [4.78, 5) is 22.7. The molecule has 1 fully saturated rings. The van der Waals surface area contributed by atoms with E-state index in [0.717, 1.165) is 0 Å². The van der Waals surface area contributed by atoms with Gasteiger partial charge in [0.15, 0.2) is 0 Å². The molecule has 1 rings (SSSR count). The van der Waals surface area contributed by atoms with Crippen LogP contribution in [0.4, 0.5) is 4.79 Å². The van der Waals surface area contributed by atoms with Crippen LogP contribution in [-0.4, -0.2) is 41.4 Å². The number of carbonyl (C=O) groups is 2. The zero-order valence-electron chi connectivity index (χ0n) is 9.74. The Hall–Kier alpha value is -1.30. The van der Waals surface area contributed by atoms with Gasteiger partial charge < -0.3 is 20.5 Å². The van der Waals surface area contributed by atoms with Crippen molar-refractivity contribution in [3.63, 3.8) is 0 Å². The van der Waals surface area contributed by atoms with Gasteiger partial charge in [-0.2, -0.15) is 0 Å². The molecule has 6 heteroatoms. The summed E-state index contributed by atoms with van der Waals surface area (Å²) in [5, 5.41) is 13.9. The van der Waals surface area contributed by atoms with E-state index in [0.29, 0.717) is 6.42 Å². The molecule has 0 aliphatic carbocycles. The summed E-state index contributed by atoms with van der Waals surface area (Å²) in [7, 11) is 0. The fourth-order valence-corrected chi connectivity index (χ4v) is 1.45. The average Bonchev–Trinajstić information content (AvgIpc) is 2.44. The molecule has 1 saturated heterocycles. The fourth-order valence-electron chi connectivity index (χ4n) is 1.45. The molecule has 3 N–H and O–H groups in total. The van der Waals surface area contributed by atoms with E-state index < -0.39 is 17.7 Å². The van der Waals surface area contributed by atoms with Crippen LogP contribution in [-0.2, 0) is 9.53 Å². The monoisotopic (exact) mass is 230 g/mol. The second-order valence-corrected chi connectivity index (χ2v) is 4.82. The zero-order chi connectivity index (χ0) is 12.3. The van der Waals surface area contributed by atoms with Crippen molar-refractivity contribution in [2.24, 2.45) is 0 Å². The van der Waals surface area contributed by atoms with Crippen molar-refractivity contribution in [2.75, 3.05) is 6.61 Å². The van der Waals surface area contributed by atoms with Crippen molar-refractivity contribution < 1.29 is 19.4 Å². The van der Waals surface area contributed by atoms with E-state index in [1.54, 1.807) is 20.8 Å². The smallest absolute Gasteiger partial charge is 0.408 e. The first-order valence-corrected chi connectivity index (χ1v) is 5.22. The number of hydrogen-bond acceptors (Lipinski definition) is 4. The van der Waals surface area contributed by atoms with E-state index in [2.05, 4.69) is 10.6 Å². The van der Waals surface area contributed by atoms with Crippen molar-refractivity contribution in [1.29, 1.82) is 0 Å². The Morgan fingerprint density at radius 3 is 2.69 bits per heavy atom. The van der Waals surface area contributed by atoms with Crippen molar-refractivity contribution in [1.82, 2.24) is 10.6 Å². The highest BCUT2D eigenvalue weighted by Crippen LogP contribution is 2.10. The van der Waals surface area contributed by atoms with Crippen molar-refractivity contribution in [3.8, 4) is 0 Å². The number of rotatable bonds is 2. The van der Waals surface area contributed by atoms with Gasteiger partial charge in [-0.25, -0.2) is 4.79 Å². The molecule has 0 aromatic heterocycles. The molecule has 92 valence electrons. The van der Waals surface area contributed by atoms with Crippen LogP contribution < -0.4 is 10.6 Å². The summed E-state index contributed by atoms with van der Waals surface area (Å²) in [5.74, 6) is -0.287. The quantitative estimate of drug-likeness (QED) is 0.611. The number of aliphatic hydroxyl groups excluding tert-OH is 1. The Morgan fingerprint density at radius 2 is 2.25 bits per heavy atom. The summed E-state index contributed by atoms with van der Waals surface area (Å²) >= 11 is 0. The van der Waals surface area contributed by atoms with Crippen LogP contribution in [0.5, 0.6) is 0 Å². The van der Waals surface area contributed by atoms with Crippen molar-refractivity contribution in [2.45, 2.75) is 44.9 Å². The van der Waals surface area contributed by atoms with Gasteiger partial charge >= 0.3 is 6.09 Å². The topological polar surface area (TPSA) is 87.7 Å². The maximum Gasteiger partial charge on any atom is 0.408 e. The van der Waals surface area contributed by atoms with E-state index in [4.69, 9.17) is 9.84 Å². The molecule has 6 nitrogen and oxygen atoms in total. The lowest BCUT2D eigenvalue weighted by Crippen LogP contribution is -2.42. The Labute approximate surface area is 94.3 Å². The van der Waals surface area contributed by atoms with Crippen LogP contribution in [0.25, 0.3) is 0 Å². The lowest BCUT2D eigenvalue weighted by atomic mass is 10.2. The minimum Gasteiger partial charge on any atom is -0.444 e. The number of nitrogens with one attached hydrogen (secondary N) is 2. The number of ether oxygens (including phenoxy) is 1. The average molecular weight is 230 g/mol. The van der Waals surface area contributed by atoms with Gasteiger partial charge in [0, 0.05) is 0 Å². The molecule has 1 aliphatic heterocycles. The Morgan fingerprint density at radius 1 is 1.62 bits per heavy atom. The summed E-state index contributed by atoms with van der Waals surface area (Å²) in [6.45, 7) is 5.12. The van der Waals surface area contributed by atoms with E-state index in [1.807, 2.05) is 0 Å². The molecule has 0 saturated carbocycles. The number of amides is 2. The van der Waals surface area contributed by atoms with Gasteiger partial charge in [-0.1, -0.05) is 0 Å². The van der Waals surface area contributed by atoms with Crippen LogP contribution in [0.3, 0.4) is 0 Å². The van der Waals surface area contributed by atoms with Gasteiger partial charge in [0.1, 0.15) is 11.6 Å². The summed E-state index contributed by atoms with van der Waals surface area (Å²) in [6.07, 6.45) is -0.236. The molecule has 0 unspecified atom stereocenters. The summed E-state index contributed by atoms with van der Waals surface area (Å²) < 4.78 is 5.02. The van der Waals surface area contributed by atoms with Crippen LogP contribution in [0.2, 0.25) is 0 Å². The Kier molecular flexibility index (Phi) is 3.74. The van der Waals surface area contributed by atoms with Gasteiger partial charge in [-0.3, -0.25) is 4.79 Å². The largest absolute Gasteiger partial charge is 0.444 e. The maximum atomic E-state index is 11.4. The molecule has 2 amide bonds. The Bertz CT molecular complexity index is 285. The number of carbonyl (C=O) groups excluding carboxylic acids is 2. The highest BCUT2D eigenvalue weighted by atomic mass is 16.6. The predicted molar refractivity (Wildman–Crippen MR) is 56.8 cm³/mol. The highest BCUT2D eigenvalue weighted by molar-refractivity contribution is 5.87. The van der Waals surface area contributed by atoms with Crippen LogP contribution in [0.15, 0.2) is 0 Å². The molecule has 1 heterocycles. The second-order valence-electron chi connectivity index (χ2n) is 4.82. The normalized spacial score (nSPS) is 25.1. The number of aliphatic hydroxyl groups is 1. The minimum atomic E-state index is -0.619. The molecule has 0 bridgehead atoms. The van der Waals surface area contributed by atoms with Gasteiger partial charge in [0.25, 0.3) is 0 Å². The first-order valence-electron chi connectivity index (χ1n) is 5.22.